The van der Waals surface area contributed by atoms with E-state index in [0.717, 1.165) is 0 Å². The van der Waals surface area contributed by atoms with Crippen LogP contribution in [0.5, 0.6) is 0 Å². The largest absolute Gasteiger partial charge is 0.122 e. The number of hydrogen-bond donors (Lipinski definition) is 0. The zero-order chi connectivity index (χ0) is 12.4. The Bertz CT molecular complexity index is 726. The Morgan fingerprint density at radius 2 is 1.50 bits per heavy atom. The van der Waals surface area contributed by atoms with E-state index in [1.807, 2.05) is 6.08 Å². The predicted octanol–water partition coefficient (Wildman–Crippen LogP) is 5.25. The molecule has 3 aromatic carbocycles. The SMILES string of the molecule is ClCC=Cc1cc2ccccc2c2ccccc12. The van der Waals surface area contributed by atoms with Gasteiger partial charge in [0.1, 0.15) is 0 Å². The number of alkyl halides is 1. The minimum atomic E-state index is 0.543. The molecule has 0 N–H and O–H groups in total. The average molecular weight is 253 g/mol. The molecule has 0 saturated carbocycles. The van der Waals surface area contributed by atoms with E-state index in [4.69, 9.17) is 11.6 Å². The Hall–Kier alpha value is -1.79. The summed E-state index contributed by atoms with van der Waals surface area (Å²) >= 11 is 5.73. The van der Waals surface area contributed by atoms with Gasteiger partial charge in [-0.25, -0.2) is 0 Å². The number of fused-ring (bicyclic) bond motifs is 3. The van der Waals surface area contributed by atoms with Crippen molar-refractivity contribution in [3.63, 3.8) is 0 Å². The number of halogens is 1. The summed E-state index contributed by atoms with van der Waals surface area (Å²) in [4.78, 5) is 0. The molecule has 0 heterocycles. The molecule has 0 amide bonds. The summed E-state index contributed by atoms with van der Waals surface area (Å²) in [5.74, 6) is 0.543. The molecule has 0 nitrogen and oxygen atoms in total. The van der Waals surface area contributed by atoms with Crippen LogP contribution in [0.3, 0.4) is 0 Å². The van der Waals surface area contributed by atoms with E-state index in [9.17, 15) is 0 Å². The van der Waals surface area contributed by atoms with Crippen LogP contribution in [-0.2, 0) is 0 Å². The molecular formula is C17H13Cl. The Morgan fingerprint density at radius 1 is 0.833 bits per heavy atom. The third-order valence-electron chi connectivity index (χ3n) is 3.19. The van der Waals surface area contributed by atoms with Crippen LogP contribution in [0, 0.1) is 0 Å². The smallest absolute Gasteiger partial charge is 0.0407 e. The van der Waals surface area contributed by atoms with Crippen LogP contribution in [0.1, 0.15) is 5.56 Å². The molecule has 0 bridgehead atoms. The van der Waals surface area contributed by atoms with Gasteiger partial charge in [-0.15, -0.1) is 11.6 Å². The second kappa shape index (κ2) is 4.83. The second-order valence-electron chi connectivity index (χ2n) is 4.29. The maximum Gasteiger partial charge on any atom is 0.0407 e. The summed E-state index contributed by atoms with van der Waals surface area (Å²) in [5.41, 5.74) is 1.23. The van der Waals surface area contributed by atoms with E-state index >= 15 is 0 Å². The summed E-state index contributed by atoms with van der Waals surface area (Å²) in [5, 5.41) is 5.14. The zero-order valence-electron chi connectivity index (χ0n) is 9.94. The molecule has 0 aliphatic heterocycles. The quantitative estimate of drug-likeness (QED) is 0.432. The topological polar surface area (TPSA) is 0 Å². The van der Waals surface area contributed by atoms with Gasteiger partial charge in [-0.3, -0.25) is 0 Å². The van der Waals surface area contributed by atoms with Crippen molar-refractivity contribution in [1.29, 1.82) is 0 Å². The summed E-state index contributed by atoms with van der Waals surface area (Å²) in [6, 6.07) is 19.2. The van der Waals surface area contributed by atoms with Gasteiger partial charge in [0.05, 0.1) is 0 Å². The highest BCUT2D eigenvalue weighted by Gasteiger charge is 2.03. The fraction of sp³-hybridized carbons (Fsp3) is 0.0588. The fourth-order valence-corrected chi connectivity index (χ4v) is 2.48. The Kier molecular flexibility index (Phi) is 3.04. The lowest BCUT2D eigenvalue weighted by molar-refractivity contribution is 1.72. The van der Waals surface area contributed by atoms with Gasteiger partial charge < -0.3 is 0 Å². The van der Waals surface area contributed by atoms with Gasteiger partial charge in [0, 0.05) is 5.88 Å². The van der Waals surface area contributed by atoms with Gasteiger partial charge >= 0.3 is 0 Å². The lowest BCUT2D eigenvalue weighted by Crippen LogP contribution is -1.82. The molecule has 88 valence electrons. The van der Waals surface area contributed by atoms with Crippen LogP contribution in [0.2, 0.25) is 0 Å². The summed E-state index contributed by atoms with van der Waals surface area (Å²) in [6.45, 7) is 0. The maximum absolute atomic E-state index is 5.73. The first-order valence-corrected chi connectivity index (χ1v) is 6.56. The van der Waals surface area contributed by atoms with Crippen LogP contribution in [0.4, 0.5) is 0 Å². The third-order valence-corrected chi connectivity index (χ3v) is 3.36. The first-order valence-electron chi connectivity index (χ1n) is 6.03. The van der Waals surface area contributed by atoms with Crippen LogP contribution in [0.25, 0.3) is 27.6 Å². The van der Waals surface area contributed by atoms with Crippen molar-refractivity contribution in [2.45, 2.75) is 0 Å². The molecule has 0 atom stereocenters. The molecule has 0 spiro atoms. The van der Waals surface area contributed by atoms with Crippen molar-refractivity contribution < 1.29 is 0 Å². The first kappa shape index (κ1) is 11.3. The van der Waals surface area contributed by atoms with E-state index in [1.165, 1.54) is 27.1 Å². The number of allylic oxidation sites excluding steroid dienone is 1. The number of rotatable bonds is 2. The van der Waals surface area contributed by atoms with E-state index < -0.39 is 0 Å². The standard InChI is InChI=1S/C17H13Cl/c18-11-5-7-14-12-13-6-1-2-8-15(13)17-10-4-3-9-16(14)17/h1-10,12H,11H2. The summed E-state index contributed by atoms with van der Waals surface area (Å²) in [7, 11) is 0. The summed E-state index contributed by atoms with van der Waals surface area (Å²) in [6.07, 6.45) is 4.08. The van der Waals surface area contributed by atoms with Crippen LogP contribution in [0.15, 0.2) is 60.7 Å². The van der Waals surface area contributed by atoms with Gasteiger partial charge in [-0.1, -0.05) is 60.7 Å². The van der Waals surface area contributed by atoms with Gasteiger partial charge in [-0.05, 0) is 33.2 Å². The molecule has 0 saturated heterocycles. The van der Waals surface area contributed by atoms with Crippen molar-refractivity contribution in [1.82, 2.24) is 0 Å². The van der Waals surface area contributed by atoms with E-state index in [0.29, 0.717) is 5.88 Å². The van der Waals surface area contributed by atoms with Crippen molar-refractivity contribution in [2.24, 2.45) is 0 Å². The number of hydrogen-bond acceptors (Lipinski definition) is 0. The lowest BCUT2D eigenvalue weighted by atomic mass is 9.97. The second-order valence-corrected chi connectivity index (χ2v) is 4.60. The van der Waals surface area contributed by atoms with Crippen molar-refractivity contribution >= 4 is 39.2 Å². The first-order chi connectivity index (χ1) is 8.90. The predicted molar refractivity (Wildman–Crippen MR) is 81.2 cm³/mol. The number of benzene rings is 3. The van der Waals surface area contributed by atoms with Gasteiger partial charge in [-0.2, -0.15) is 0 Å². The minimum absolute atomic E-state index is 0.543. The Morgan fingerprint density at radius 3 is 2.28 bits per heavy atom. The van der Waals surface area contributed by atoms with Gasteiger partial charge in [0.25, 0.3) is 0 Å². The Labute approximate surface area is 112 Å². The molecule has 0 aliphatic carbocycles. The normalized spacial score (nSPS) is 11.6. The molecule has 1 heteroatoms. The van der Waals surface area contributed by atoms with Gasteiger partial charge in [0.2, 0.25) is 0 Å². The summed E-state index contributed by atoms with van der Waals surface area (Å²) < 4.78 is 0. The Balaban J connectivity index is 2.42. The highest BCUT2D eigenvalue weighted by atomic mass is 35.5. The zero-order valence-corrected chi connectivity index (χ0v) is 10.7. The molecular weight excluding hydrogens is 240 g/mol. The molecule has 0 radical (unpaired) electrons. The van der Waals surface area contributed by atoms with Gasteiger partial charge in [0.15, 0.2) is 0 Å². The average Bonchev–Trinajstić information content (AvgIpc) is 2.45. The third kappa shape index (κ3) is 1.89. The van der Waals surface area contributed by atoms with Crippen molar-refractivity contribution in [2.75, 3.05) is 5.88 Å². The molecule has 3 rings (SSSR count). The minimum Gasteiger partial charge on any atom is -0.122 e. The van der Waals surface area contributed by atoms with Crippen LogP contribution in [-0.4, -0.2) is 5.88 Å². The lowest BCUT2D eigenvalue weighted by Gasteiger charge is -2.07. The van der Waals surface area contributed by atoms with Crippen molar-refractivity contribution in [3.05, 3.63) is 66.2 Å². The van der Waals surface area contributed by atoms with Crippen LogP contribution >= 0.6 is 11.6 Å². The molecule has 18 heavy (non-hydrogen) atoms. The van der Waals surface area contributed by atoms with E-state index in [2.05, 4.69) is 60.7 Å². The molecule has 3 aromatic rings. The monoisotopic (exact) mass is 252 g/mol. The molecule has 0 aromatic heterocycles. The maximum atomic E-state index is 5.73. The van der Waals surface area contributed by atoms with E-state index in [-0.39, 0.29) is 0 Å². The van der Waals surface area contributed by atoms with E-state index in [1.54, 1.807) is 0 Å². The van der Waals surface area contributed by atoms with Crippen molar-refractivity contribution in [3.8, 4) is 0 Å². The van der Waals surface area contributed by atoms with Crippen LogP contribution < -0.4 is 0 Å². The fourth-order valence-electron chi connectivity index (χ4n) is 2.39. The highest BCUT2D eigenvalue weighted by Crippen LogP contribution is 2.29. The molecule has 0 fully saturated rings. The molecule has 0 unspecified atom stereocenters. The molecule has 0 aliphatic rings. The highest BCUT2D eigenvalue weighted by molar-refractivity contribution is 6.19.